The van der Waals surface area contributed by atoms with Crippen molar-refractivity contribution in [1.29, 1.82) is 0 Å². The van der Waals surface area contributed by atoms with Crippen LogP contribution in [0.1, 0.15) is 0 Å². The van der Waals surface area contributed by atoms with Crippen LogP contribution in [0, 0.1) is 0 Å². The lowest BCUT2D eigenvalue weighted by Gasteiger charge is -2.08. The second-order valence-corrected chi connectivity index (χ2v) is 5.69. The Bertz CT molecular complexity index is 310. The lowest BCUT2D eigenvalue weighted by molar-refractivity contribution is -0.0234. The molecule has 0 rings (SSSR count). The fourth-order valence-corrected chi connectivity index (χ4v) is 1.90. The zero-order valence-corrected chi connectivity index (χ0v) is 18.3. The van der Waals surface area contributed by atoms with Crippen molar-refractivity contribution in [2.75, 3.05) is 112 Å². The van der Waals surface area contributed by atoms with E-state index < -0.39 is 0 Å². The molecular formula is C21H40O9. The lowest BCUT2D eigenvalue weighted by atomic mass is 10.6. The highest BCUT2D eigenvalue weighted by Crippen LogP contribution is 1.86. The van der Waals surface area contributed by atoms with Gasteiger partial charge in [-0.3, -0.25) is 0 Å². The van der Waals surface area contributed by atoms with Crippen LogP contribution in [0.4, 0.5) is 0 Å². The third-order valence-electron chi connectivity index (χ3n) is 3.30. The molecule has 0 unspecified atom stereocenters. The normalized spacial score (nSPS) is 10.9. The molecule has 9 heteroatoms. The van der Waals surface area contributed by atoms with Gasteiger partial charge < -0.3 is 42.6 Å². The van der Waals surface area contributed by atoms with Crippen LogP contribution >= 0.6 is 0 Å². The minimum absolute atomic E-state index is 0.508. The van der Waals surface area contributed by atoms with Gasteiger partial charge in [0.15, 0.2) is 0 Å². The van der Waals surface area contributed by atoms with Crippen LogP contribution in [-0.2, 0) is 42.6 Å². The molecule has 0 saturated carbocycles. The van der Waals surface area contributed by atoms with Crippen molar-refractivity contribution in [3.05, 3.63) is 25.5 Å². The van der Waals surface area contributed by atoms with Crippen molar-refractivity contribution in [2.45, 2.75) is 0 Å². The molecular weight excluding hydrogens is 396 g/mol. The van der Waals surface area contributed by atoms with Crippen molar-refractivity contribution in [2.24, 2.45) is 0 Å². The predicted octanol–water partition coefficient (Wildman–Crippen LogP) is 1.47. The first-order chi connectivity index (χ1) is 14.9. The molecule has 30 heavy (non-hydrogen) atoms. The summed E-state index contributed by atoms with van der Waals surface area (Å²) < 4.78 is 47.8. The van der Waals surface area contributed by atoms with Gasteiger partial charge in [-0.15, -0.1) is 6.58 Å². The molecule has 0 aliphatic heterocycles. The van der Waals surface area contributed by atoms with Crippen LogP contribution < -0.4 is 0 Å². The Morgan fingerprint density at radius 1 is 0.367 bits per heavy atom. The Morgan fingerprint density at radius 2 is 0.633 bits per heavy atom. The summed E-state index contributed by atoms with van der Waals surface area (Å²) >= 11 is 0. The van der Waals surface area contributed by atoms with E-state index in [9.17, 15) is 0 Å². The van der Waals surface area contributed by atoms with E-state index in [0.717, 1.165) is 0 Å². The van der Waals surface area contributed by atoms with Gasteiger partial charge >= 0.3 is 0 Å². The Labute approximate surface area is 181 Å². The minimum atomic E-state index is 0.508. The van der Waals surface area contributed by atoms with Gasteiger partial charge in [0.2, 0.25) is 0 Å². The number of ether oxygens (including phenoxy) is 9. The molecule has 0 aromatic rings. The van der Waals surface area contributed by atoms with Gasteiger partial charge in [-0.25, -0.2) is 0 Å². The molecule has 0 saturated heterocycles. The summed E-state index contributed by atoms with van der Waals surface area (Å²) in [4.78, 5) is 0. The van der Waals surface area contributed by atoms with E-state index in [0.29, 0.717) is 112 Å². The highest BCUT2D eigenvalue weighted by atomic mass is 16.6. The largest absolute Gasteiger partial charge is 0.499 e. The third-order valence-corrected chi connectivity index (χ3v) is 3.30. The predicted molar refractivity (Wildman–Crippen MR) is 113 cm³/mol. The maximum Gasteiger partial charge on any atom is 0.111 e. The van der Waals surface area contributed by atoms with E-state index in [1.54, 1.807) is 6.08 Å². The summed E-state index contributed by atoms with van der Waals surface area (Å²) in [6.07, 6.45) is 3.11. The molecule has 0 heterocycles. The van der Waals surface area contributed by atoms with E-state index in [4.69, 9.17) is 42.6 Å². The van der Waals surface area contributed by atoms with Crippen molar-refractivity contribution in [3.63, 3.8) is 0 Å². The first kappa shape index (κ1) is 29.0. The van der Waals surface area contributed by atoms with E-state index in [1.807, 2.05) is 0 Å². The number of rotatable bonds is 27. The van der Waals surface area contributed by atoms with Gasteiger partial charge in [0.1, 0.15) is 6.61 Å². The van der Waals surface area contributed by atoms with Crippen LogP contribution in [0.5, 0.6) is 0 Å². The fraction of sp³-hybridized carbons (Fsp3) is 0.810. The van der Waals surface area contributed by atoms with Crippen LogP contribution in [-0.4, -0.2) is 112 Å². The van der Waals surface area contributed by atoms with Gasteiger partial charge in [0.25, 0.3) is 0 Å². The third kappa shape index (κ3) is 27.0. The molecule has 0 aliphatic carbocycles. The molecule has 9 nitrogen and oxygen atoms in total. The second-order valence-electron chi connectivity index (χ2n) is 5.69. The molecule has 0 atom stereocenters. The van der Waals surface area contributed by atoms with Crippen LogP contribution in [0.2, 0.25) is 0 Å². The van der Waals surface area contributed by atoms with Crippen molar-refractivity contribution < 1.29 is 42.6 Å². The summed E-state index contributed by atoms with van der Waals surface area (Å²) in [6.45, 7) is 16.1. The molecule has 0 aliphatic rings. The fourth-order valence-electron chi connectivity index (χ4n) is 1.90. The SMILES string of the molecule is C=CCOCCOCCOCCOCCOCCOCCOCCOCCOC=C. The molecule has 0 amide bonds. The first-order valence-corrected chi connectivity index (χ1v) is 10.4. The summed E-state index contributed by atoms with van der Waals surface area (Å²) in [6, 6.07) is 0. The molecule has 0 aromatic heterocycles. The molecule has 0 radical (unpaired) electrons. The van der Waals surface area contributed by atoms with E-state index in [1.165, 1.54) is 6.26 Å². The highest BCUT2D eigenvalue weighted by Gasteiger charge is 1.95. The molecule has 0 aromatic carbocycles. The smallest absolute Gasteiger partial charge is 0.111 e. The Balaban J connectivity index is 2.99. The van der Waals surface area contributed by atoms with Gasteiger partial charge in [-0.1, -0.05) is 12.7 Å². The maximum atomic E-state index is 5.42. The van der Waals surface area contributed by atoms with Crippen LogP contribution in [0.3, 0.4) is 0 Å². The topological polar surface area (TPSA) is 83.1 Å². The van der Waals surface area contributed by atoms with Crippen molar-refractivity contribution in [1.82, 2.24) is 0 Å². The highest BCUT2D eigenvalue weighted by molar-refractivity contribution is 4.63. The number of hydrogen-bond donors (Lipinski definition) is 0. The van der Waals surface area contributed by atoms with Gasteiger partial charge in [0, 0.05) is 0 Å². The zero-order valence-electron chi connectivity index (χ0n) is 18.3. The Hall–Kier alpha value is -1.04. The van der Waals surface area contributed by atoms with E-state index in [2.05, 4.69) is 13.2 Å². The summed E-state index contributed by atoms with van der Waals surface area (Å²) in [7, 11) is 0. The Kier molecular flexibility index (Phi) is 27.0. The first-order valence-electron chi connectivity index (χ1n) is 10.4. The maximum absolute atomic E-state index is 5.42. The Morgan fingerprint density at radius 3 is 0.900 bits per heavy atom. The van der Waals surface area contributed by atoms with Crippen molar-refractivity contribution >= 4 is 0 Å². The lowest BCUT2D eigenvalue weighted by Crippen LogP contribution is -2.15. The second kappa shape index (κ2) is 28.0. The number of hydrogen-bond acceptors (Lipinski definition) is 9. The van der Waals surface area contributed by atoms with Gasteiger partial charge in [0.05, 0.1) is 112 Å². The minimum Gasteiger partial charge on any atom is -0.499 e. The molecule has 0 fully saturated rings. The standard InChI is InChI=1S/C21H40O9/c1-3-5-23-8-9-25-12-13-27-16-17-29-20-21-30-19-18-28-15-14-26-11-10-24-7-6-22-4-2/h3-4H,1-2,5-21H2. The van der Waals surface area contributed by atoms with E-state index >= 15 is 0 Å². The summed E-state index contributed by atoms with van der Waals surface area (Å²) in [5, 5.41) is 0. The monoisotopic (exact) mass is 436 g/mol. The van der Waals surface area contributed by atoms with Crippen LogP contribution in [0.25, 0.3) is 0 Å². The molecule has 178 valence electrons. The van der Waals surface area contributed by atoms with Gasteiger partial charge in [-0.2, -0.15) is 0 Å². The molecule has 0 bridgehead atoms. The zero-order chi connectivity index (χ0) is 21.8. The summed E-state index contributed by atoms with van der Waals surface area (Å²) in [5.41, 5.74) is 0. The molecule has 0 N–H and O–H groups in total. The summed E-state index contributed by atoms with van der Waals surface area (Å²) in [5.74, 6) is 0. The van der Waals surface area contributed by atoms with Crippen LogP contribution in [0.15, 0.2) is 25.5 Å². The van der Waals surface area contributed by atoms with Gasteiger partial charge in [-0.05, 0) is 0 Å². The average Bonchev–Trinajstić information content (AvgIpc) is 2.76. The quantitative estimate of drug-likeness (QED) is 0.108. The average molecular weight is 437 g/mol. The van der Waals surface area contributed by atoms with E-state index in [-0.39, 0.29) is 0 Å². The van der Waals surface area contributed by atoms with Crippen molar-refractivity contribution in [3.8, 4) is 0 Å². The molecule has 0 spiro atoms.